The lowest BCUT2D eigenvalue weighted by Crippen LogP contribution is -2.17. The summed E-state index contributed by atoms with van der Waals surface area (Å²) in [6, 6.07) is 4.25. The minimum Gasteiger partial charge on any atom is -0.385 e. The Hall–Kier alpha value is -2.19. The highest BCUT2D eigenvalue weighted by Crippen LogP contribution is 2.35. The molecule has 0 unspecified atom stereocenters. The lowest BCUT2D eigenvalue weighted by atomic mass is 9.85. The molecule has 2 rings (SSSR count). The fourth-order valence-corrected chi connectivity index (χ4v) is 5.78. The Morgan fingerprint density at radius 1 is 1.28 bits per heavy atom. The van der Waals surface area contributed by atoms with E-state index in [9.17, 15) is 28.2 Å². The molecule has 32 heavy (non-hydrogen) atoms. The summed E-state index contributed by atoms with van der Waals surface area (Å²) in [5, 5.41) is 25.1. The summed E-state index contributed by atoms with van der Waals surface area (Å²) in [7, 11) is -3.93. The van der Waals surface area contributed by atoms with Crippen molar-refractivity contribution in [3.05, 3.63) is 50.9 Å². The molecule has 1 aromatic carbocycles. The highest BCUT2D eigenvalue weighted by molar-refractivity contribution is 7.93. The number of nitrogens with two attached hydrogens (primary N) is 1. The van der Waals surface area contributed by atoms with Gasteiger partial charge in [-0.1, -0.05) is 27.7 Å². The van der Waals surface area contributed by atoms with E-state index in [1.807, 2.05) is 19.9 Å². The summed E-state index contributed by atoms with van der Waals surface area (Å²) < 4.78 is 45.4. The normalized spacial score (nSPS) is 13.8. The summed E-state index contributed by atoms with van der Waals surface area (Å²) in [5.74, 6) is -3.00. The van der Waals surface area contributed by atoms with Gasteiger partial charge in [-0.2, -0.15) is 5.26 Å². The van der Waals surface area contributed by atoms with Gasteiger partial charge in [-0.25, -0.2) is 18.1 Å². The molecule has 0 saturated heterocycles. The molecular weight excluding hydrogens is 456 g/mol. The first kappa shape index (κ1) is 26.1. The second kappa shape index (κ2) is 9.35. The number of hydrogen-bond donors (Lipinski definition) is 2. The van der Waals surface area contributed by atoms with Crippen molar-refractivity contribution in [3.8, 4) is 6.07 Å². The summed E-state index contributed by atoms with van der Waals surface area (Å²) in [5.41, 5.74) is -0.328. The summed E-state index contributed by atoms with van der Waals surface area (Å²) >= 11 is 0.678. The van der Waals surface area contributed by atoms with Crippen molar-refractivity contribution in [2.45, 2.75) is 69.6 Å². The van der Waals surface area contributed by atoms with Crippen molar-refractivity contribution in [2.75, 3.05) is 0 Å². The Kier molecular flexibility index (Phi) is 7.62. The SMILES string of the molecule is CC(C)c1cc(C#N)c(F)c(C(C)C)c1CC(=O)N=[S@](N)(=O)c1sc(C(C)(C)O)cc1F. The van der Waals surface area contributed by atoms with E-state index in [-0.39, 0.29) is 27.8 Å². The van der Waals surface area contributed by atoms with Crippen molar-refractivity contribution in [1.29, 1.82) is 5.26 Å². The first-order chi connectivity index (χ1) is 14.6. The third kappa shape index (κ3) is 5.41. The van der Waals surface area contributed by atoms with E-state index in [4.69, 9.17) is 5.14 Å². The molecule has 10 heteroatoms. The van der Waals surface area contributed by atoms with Gasteiger partial charge in [0.1, 0.15) is 11.9 Å². The van der Waals surface area contributed by atoms with Crippen LogP contribution < -0.4 is 5.14 Å². The number of carbonyl (C=O) groups excluding carboxylic acids is 1. The predicted octanol–water partition coefficient (Wildman–Crippen LogP) is 4.84. The number of amides is 1. The molecule has 2 aromatic rings. The van der Waals surface area contributed by atoms with Gasteiger partial charge in [0.15, 0.2) is 19.9 Å². The molecular formula is C22H27F2N3O3S2. The molecule has 1 amide bonds. The Bertz CT molecular complexity index is 1210. The molecule has 3 N–H and O–H groups in total. The fraction of sp³-hybridized carbons (Fsp3) is 0.455. The Morgan fingerprint density at radius 2 is 1.88 bits per heavy atom. The zero-order valence-corrected chi connectivity index (χ0v) is 20.5. The van der Waals surface area contributed by atoms with E-state index in [0.29, 0.717) is 22.5 Å². The lowest BCUT2D eigenvalue weighted by Gasteiger charge is -2.20. The van der Waals surface area contributed by atoms with Crippen LogP contribution >= 0.6 is 11.3 Å². The van der Waals surface area contributed by atoms with Crippen molar-refractivity contribution < 1.29 is 22.9 Å². The topological polar surface area (TPSA) is 117 Å². The fourth-order valence-electron chi connectivity index (χ4n) is 3.36. The highest BCUT2D eigenvalue weighted by Gasteiger charge is 2.27. The Labute approximate surface area is 191 Å². The molecule has 0 aliphatic carbocycles. The van der Waals surface area contributed by atoms with E-state index < -0.39 is 43.7 Å². The lowest BCUT2D eigenvalue weighted by molar-refractivity contribution is -0.117. The van der Waals surface area contributed by atoms with Crippen molar-refractivity contribution >= 4 is 27.2 Å². The number of aliphatic hydroxyl groups is 1. The maximum atomic E-state index is 14.9. The van der Waals surface area contributed by atoms with E-state index in [1.165, 1.54) is 19.9 Å². The quantitative estimate of drug-likeness (QED) is 0.611. The predicted molar refractivity (Wildman–Crippen MR) is 121 cm³/mol. The molecule has 0 spiro atoms. The van der Waals surface area contributed by atoms with Gasteiger partial charge in [-0.05, 0) is 54.5 Å². The summed E-state index contributed by atoms with van der Waals surface area (Å²) in [6.07, 6.45) is -0.400. The number of carbonyl (C=O) groups is 1. The number of benzene rings is 1. The largest absolute Gasteiger partial charge is 0.385 e. The van der Waals surface area contributed by atoms with Gasteiger partial charge in [0.2, 0.25) is 0 Å². The molecule has 1 atom stereocenters. The van der Waals surface area contributed by atoms with Gasteiger partial charge in [0, 0.05) is 4.88 Å². The van der Waals surface area contributed by atoms with Crippen LogP contribution in [-0.4, -0.2) is 15.2 Å². The molecule has 0 aliphatic rings. The first-order valence-electron chi connectivity index (χ1n) is 9.95. The van der Waals surface area contributed by atoms with E-state index in [1.54, 1.807) is 13.8 Å². The van der Waals surface area contributed by atoms with Gasteiger partial charge < -0.3 is 5.11 Å². The average Bonchev–Trinajstić information content (AvgIpc) is 3.04. The van der Waals surface area contributed by atoms with Crippen molar-refractivity contribution in [3.63, 3.8) is 0 Å². The van der Waals surface area contributed by atoms with Gasteiger partial charge in [-0.15, -0.1) is 15.7 Å². The molecule has 0 radical (unpaired) electrons. The van der Waals surface area contributed by atoms with Gasteiger partial charge in [0.25, 0.3) is 5.91 Å². The minimum absolute atomic E-state index is 0.118. The Morgan fingerprint density at radius 3 is 2.31 bits per heavy atom. The minimum atomic E-state index is -3.93. The molecule has 6 nitrogen and oxygen atoms in total. The summed E-state index contributed by atoms with van der Waals surface area (Å²) in [4.78, 5) is 12.9. The van der Waals surface area contributed by atoms with Crippen LogP contribution in [0.15, 0.2) is 20.7 Å². The standard InChI is InChI=1S/C22H27F2N3O3S2/c1-11(2)14-7-13(10-25)20(24)19(12(3)4)15(14)8-18(28)27-32(26,30)21-16(23)9-17(31-21)22(5,6)29/h7,9,11-12,29H,8H2,1-6H3,(H2,26,27,28,30)/t32-/m0/s1. The van der Waals surface area contributed by atoms with Crippen LogP contribution in [-0.2, 0) is 26.7 Å². The number of nitrogens with zero attached hydrogens (tertiary/aromatic N) is 2. The highest BCUT2D eigenvalue weighted by atomic mass is 32.2. The smallest absolute Gasteiger partial charge is 0.259 e. The van der Waals surface area contributed by atoms with Crippen molar-refractivity contribution in [1.82, 2.24) is 0 Å². The van der Waals surface area contributed by atoms with Crippen molar-refractivity contribution in [2.24, 2.45) is 9.50 Å². The van der Waals surface area contributed by atoms with E-state index in [2.05, 4.69) is 4.36 Å². The molecule has 1 aromatic heterocycles. The van der Waals surface area contributed by atoms with Crippen LogP contribution in [0.3, 0.4) is 0 Å². The number of hydrogen-bond acceptors (Lipinski definition) is 5. The number of rotatable bonds is 6. The molecule has 1 heterocycles. The average molecular weight is 484 g/mol. The first-order valence-corrected chi connectivity index (χ1v) is 12.3. The molecule has 0 fully saturated rings. The third-order valence-corrected chi connectivity index (χ3v) is 8.24. The van der Waals surface area contributed by atoms with Crippen LogP contribution in [0.4, 0.5) is 8.78 Å². The number of thiophene rings is 1. The van der Waals surface area contributed by atoms with Gasteiger partial charge in [0.05, 0.1) is 17.6 Å². The maximum absolute atomic E-state index is 14.9. The number of halogens is 2. The van der Waals surface area contributed by atoms with Gasteiger partial charge in [-0.3, -0.25) is 4.79 Å². The third-order valence-electron chi connectivity index (χ3n) is 4.86. The van der Waals surface area contributed by atoms with Crippen LogP contribution in [0.1, 0.15) is 80.5 Å². The van der Waals surface area contributed by atoms with Crippen LogP contribution in [0.25, 0.3) is 0 Å². The van der Waals surface area contributed by atoms with Crippen LogP contribution in [0, 0.1) is 23.0 Å². The molecule has 174 valence electrons. The van der Waals surface area contributed by atoms with Crippen LogP contribution in [0.2, 0.25) is 0 Å². The summed E-state index contributed by atoms with van der Waals surface area (Å²) in [6.45, 7) is 10.0. The van der Waals surface area contributed by atoms with Gasteiger partial charge >= 0.3 is 0 Å². The van der Waals surface area contributed by atoms with E-state index in [0.717, 1.165) is 6.07 Å². The van der Waals surface area contributed by atoms with Crippen LogP contribution in [0.5, 0.6) is 0 Å². The molecule has 0 aliphatic heterocycles. The second-order valence-electron chi connectivity index (χ2n) is 8.68. The van der Waals surface area contributed by atoms with E-state index >= 15 is 0 Å². The molecule has 0 bridgehead atoms. The number of nitriles is 1. The second-order valence-corrected chi connectivity index (χ2v) is 11.7. The monoisotopic (exact) mass is 483 g/mol. The molecule has 0 saturated carbocycles. The Balaban J connectivity index is 2.59. The zero-order valence-electron chi connectivity index (χ0n) is 18.8. The maximum Gasteiger partial charge on any atom is 0.259 e. The zero-order chi connectivity index (χ0) is 24.6.